The van der Waals surface area contributed by atoms with Crippen molar-refractivity contribution in [1.29, 1.82) is 0 Å². The van der Waals surface area contributed by atoms with Gasteiger partial charge in [-0.2, -0.15) is 0 Å². The summed E-state index contributed by atoms with van der Waals surface area (Å²) in [5.74, 6) is 0.874. The normalized spacial score (nSPS) is 14.1. The molecule has 0 spiro atoms. The first kappa shape index (κ1) is 9.97. The Bertz CT molecular complexity index is 626. The van der Waals surface area contributed by atoms with E-state index in [1.54, 1.807) is 0 Å². The van der Waals surface area contributed by atoms with E-state index in [9.17, 15) is 0 Å². The lowest BCUT2D eigenvalue weighted by atomic mass is 9.97. The van der Waals surface area contributed by atoms with Gasteiger partial charge in [-0.3, -0.25) is 0 Å². The average Bonchev–Trinajstić information content (AvgIpc) is 2.39. The van der Waals surface area contributed by atoms with Crippen LogP contribution < -0.4 is 10.3 Å². The molecule has 2 aromatic rings. The molecule has 1 aliphatic heterocycles. The van der Waals surface area contributed by atoms with E-state index in [-0.39, 0.29) is 0 Å². The Kier molecular flexibility index (Phi) is 2.33. The van der Waals surface area contributed by atoms with Crippen molar-refractivity contribution >= 4 is 16.3 Å². The summed E-state index contributed by atoms with van der Waals surface area (Å²) < 4.78 is 0. The van der Waals surface area contributed by atoms with Crippen LogP contribution >= 0.6 is 0 Å². The Morgan fingerprint density at radius 1 is 1.12 bits per heavy atom. The minimum absolute atomic E-state index is 0.874. The molecule has 0 saturated heterocycles. The molecule has 3 rings (SSSR count). The maximum atomic E-state index is 5.45. The summed E-state index contributed by atoms with van der Waals surface area (Å²) in [7, 11) is 0. The van der Waals surface area contributed by atoms with E-state index < -0.39 is 0 Å². The maximum Gasteiger partial charge on any atom is 0.163 e. The van der Waals surface area contributed by atoms with Gasteiger partial charge in [0.1, 0.15) is 0 Å². The Morgan fingerprint density at radius 3 is 2.88 bits per heavy atom. The van der Waals surface area contributed by atoms with Gasteiger partial charge in [0, 0.05) is 17.3 Å². The molecular formula is C15H13NO. The summed E-state index contributed by atoms with van der Waals surface area (Å²) in [4.78, 5) is 5.45. The Balaban J connectivity index is 2.34. The fourth-order valence-electron chi connectivity index (χ4n) is 2.17. The van der Waals surface area contributed by atoms with Crippen molar-refractivity contribution in [3.8, 4) is 5.75 Å². The van der Waals surface area contributed by atoms with Gasteiger partial charge < -0.3 is 4.84 Å². The molecule has 0 fully saturated rings. The molecule has 1 heterocycles. The first-order chi connectivity index (χ1) is 8.40. The number of hydrogen-bond donors (Lipinski definition) is 1. The van der Waals surface area contributed by atoms with Gasteiger partial charge >= 0.3 is 0 Å². The van der Waals surface area contributed by atoms with Crippen LogP contribution in [0.2, 0.25) is 0 Å². The molecule has 0 aliphatic carbocycles. The zero-order valence-electron chi connectivity index (χ0n) is 9.60. The first-order valence-electron chi connectivity index (χ1n) is 5.67. The zero-order valence-corrected chi connectivity index (χ0v) is 9.60. The summed E-state index contributed by atoms with van der Waals surface area (Å²) in [5, 5.41) is 2.45. The summed E-state index contributed by atoms with van der Waals surface area (Å²) in [6.07, 6.45) is 6.00. The number of benzene rings is 2. The van der Waals surface area contributed by atoms with Gasteiger partial charge in [0.15, 0.2) is 5.75 Å². The molecule has 2 aromatic carbocycles. The number of fused-ring (bicyclic) bond motifs is 3. The molecule has 0 radical (unpaired) electrons. The lowest BCUT2D eigenvalue weighted by Crippen LogP contribution is -2.16. The van der Waals surface area contributed by atoms with Gasteiger partial charge in [-0.15, -0.1) is 0 Å². The zero-order chi connectivity index (χ0) is 11.7. The van der Waals surface area contributed by atoms with E-state index in [1.165, 1.54) is 10.8 Å². The summed E-state index contributed by atoms with van der Waals surface area (Å²) in [5.41, 5.74) is 5.12. The molecule has 0 aromatic heterocycles. The van der Waals surface area contributed by atoms with Gasteiger partial charge in [0.05, 0.1) is 0 Å². The van der Waals surface area contributed by atoms with Gasteiger partial charge in [0.2, 0.25) is 0 Å². The number of rotatable bonds is 1. The molecule has 0 bridgehead atoms. The van der Waals surface area contributed by atoms with E-state index >= 15 is 0 Å². The van der Waals surface area contributed by atoms with Crippen LogP contribution in [0.15, 0.2) is 54.8 Å². The van der Waals surface area contributed by atoms with Crippen LogP contribution in [0.3, 0.4) is 0 Å². The SMILES string of the molecule is CC=CC1=CNOc2ccc3ccccc3c21. The number of hydrogen-bond acceptors (Lipinski definition) is 2. The molecule has 1 aliphatic rings. The molecule has 2 nitrogen and oxygen atoms in total. The monoisotopic (exact) mass is 223 g/mol. The number of hydroxylamine groups is 1. The van der Waals surface area contributed by atoms with Crippen molar-refractivity contribution in [3.63, 3.8) is 0 Å². The summed E-state index contributed by atoms with van der Waals surface area (Å²) >= 11 is 0. The van der Waals surface area contributed by atoms with E-state index in [0.29, 0.717) is 0 Å². The topological polar surface area (TPSA) is 21.3 Å². The lowest BCUT2D eigenvalue weighted by molar-refractivity contribution is 0.239. The standard InChI is InChI=1S/C15H13NO/c1-2-5-12-10-16-17-14-9-8-11-6-3-4-7-13(11)15(12)14/h2-10,16H,1H3. The second-order valence-corrected chi connectivity index (χ2v) is 3.98. The summed E-state index contributed by atoms with van der Waals surface area (Å²) in [6, 6.07) is 12.4. The van der Waals surface area contributed by atoms with Crippen molar-refractivity contribution in [3.05, 3.63) is 60.3 Å². The Morgan fingerprint density at radius 2 is 2.00 bits per heavy atom. The predicted molar refractivity (Wildman–Crippen MR) is 70.5 cm³/mol. The van der Waals surface area contributed by atoms with Crippen LogP contribution in [0.4, 0.5) is 0 Å². The third-order valence-electron chi connectivity index (χ3n) is 2.91. The molecule has 17 heavy (non-hydrogen) atoms. The molecule has 0 amide bonds. The molecule has 0 unspecified atom stereocenters. The summed E-state index contributed by atoms with van der Waals surface area (Å²) in [6.45, 7) is 2.01. The highest BCUT2D eigenvalue weighted by atomic mass is 16.6. The quantitative estimate of drug-likeness (QED) is 0.796. The van der Waals surface area contributed by atoms with Gasteiger partial charge in [-0.1, -0.05) is 42.5 Å². The van der Waals surface area contributed by atoms with Crippen molar-refractivity contribution in [2.75, 3.05) is 0 Å². The predicted octanol–water partition coefficient (Wildman–Crippen LogP) is 3.65. The number of nitrogens with one attached hydrogen (secondary N) is 1. The molecule has 2 heteroatoms. The van der Waals surface area contributed by atoms with Gasteiger partial charge in [-0.05, 0) is 23.8 Å². The van der Waals surface area contributed by atoms with Crippen LogP contribution in [0.1, 0.15) is 12.5 Å². The maximum absolute atomic E-state index is 5.45. The van der Waals surface area contributed by atoms with Gasteiger partial charge in [0.25, 0.3) is 0 Å². The molecule has 0 saturated carbocycles. The van der Waals surface area contributed by atoms with Crippen molar-refractivity contribution in [2.24, 2.45) is 0 Å². The molecule has 1 N–H and O–H groups in total. The minimum Gasteiger partial charge on any atom is -0.382 e. The second kappa shape index (κ2) is 3.98. The molecule has 84 valence electrons. The lowest BCUT2D eigenvalue weighted by Gasteiger charge is -2.19. The average molecular weight is 223 g/mol. The molecule has 0 atom stereocenters. The molecular weight excluding hydrogens is 210 g/mol. The van der Waals surface area contributed by atoms with E-state index in [4.69, 9.17) is 4.84 Å². The van der Waals surface area contributed by atoms with Gasteiger partial charge in [-0.25, -0.2) is 5.48 Å². The highest BCUT2D eigenvalue weighted by molar-refractivity contribution is 5.98. The first-order valence-corrected chi connectivity index (χ1v) is 5.67. The van der Waals surface area contributed by atoms with Crippen LogP contribution in [0.25, 0.3) is 16.3 Å². The van der Waals surface area contributed by atoms with E-state index in [0.717, 1.165) is 16.9 Å². The van der Waals surface area contributed by atoms with Crippen molar-refractivity contribution in [2.45, 2.75) is 6.92 Å². The van der Waals surface area contributed by atoms with Crippen LogP contribution in [0.5, 0.6) is 5.75 Å². The fourth-order valence-corrected chi connectivity index (χ4v) is 2.17. The third kappa shape index (κ3) is 1.58. The van der Waals surface area contributed by atoms with E-state index in [1.807, 2.05) is 25.3 Å². The van der Waals surface area contributed by atoms with Crippen molar-refractivity contribution < 1.29 is 4.84 Å². The van der Waals surface area contributed by atoms with E-state index in [2.05, 4.69) is 41.9 Å². The third-order valence-corrected chi connectivity index (χ3v) is 2.91. The fraction of sp³-hybridized carbons (Fsp3) is 0.0667. The Hall–Kier alpha value is -2.22. The highest BCUT2D eigenvalue weighted by Crippen LogP contribution is 2.35. The van der Waals surface area contributed by atoms with Crippen LogP contribution in [0, 0.1) is 0 Å². The highest BCUT2D eigenvalue weighted by Gasteiger charge is 2.15. The smallest absolute Gasteiger partial charge is 0.163 e. The minimum atomic E-state index is 0.874. The number of allylic oxidation sites excluding steroid dienone is 3. The van der Waals surface area contributed by atoms with Crippen molar-refractivity contribution in [1.82, 2.24) is 5.48 Å². The largest absolute Gasteiger partial charge is 0.382 e. The second-order valence-electron chi connectivity index (χ2n) is 3.98. The van der Waals surface area contributed by atoms with Crippen LogP contribution in [-0.2, 0) is 0 Å². The van der Waals surface area contributed by atoms with Crippen LogP contribution in [-0.4, -0.2) is 0 Å². The Labute approximate surface area is 100 Å².